The number of hydrogen-bond acceptors (Lipinski definition) is 7. The lowest BCUT2D eigenvalue weighted by Crippen LogP contribution is -2.39. The largest absolute Gasteiger partial charge is 0.423 e. The molecule has 8 heteroatoms. The summed E-state index contributed by atoms with van der Waals surface area (Å²) in [7, 11) is 0. The topological polar surface area (TPSA) is 93.7 Å². The van der Waals surface area contributed by atoms with E-state index in [0.717, 1.165) is 32.8 Å². The van der Waals surface area contributed by atoms with Gasteiger partial charge in [0, 0.05) is 32.2 Å². The number of hydrogen-bond donors (Lipinski definition) is 1. The van der Waals surface area contributed by atoms with Crippen LogP contribution in [-0.4, -0.2) is 54.2 Å². The fourth-order valence-corrected chi connectivity index (χ4v) is 2.25. The second-order valence-corrected chi connectivity index (χ2v) is 4.81. The minimum absolute atomic E-state index is 0.00137. The van der Waals surface area contributed by atoms with E-state index in [9.17, 15) is 10.1 Å². The van der Waals surface area contributed by atoms with E-state index in [4.69, 9.17) is 9.15 Å². The molecule has 112 valence electrons. The molecule has 2 aromatic rings. The van der Waals surface area contributed by atoms with Crippen molar-refractivity contribution >= 4 is 22.8 Å². The van der Waals surface area contributed by atoms with Crippen molar-refractivity contribution in [3.8, 4) is 0 Å². The Morgan fingerprint density at radius 1 is 1.38 bits per heavy atom. The van der Waals surface area contributed by atoms with Crippen LogP contribution < -0.4 is 5.32 Å². The van der Waals surface area contributed by atoms with Crippen LogP contribution in [0.5, 0.6) is 0 Å². The average Bonchev–Trinajstić information content (AvgIpc) is 2.90. The highest BCUT2D eigenvalue weighted by atomic mass is 16.6. The molecule has 21 heavy (non-hydrogen) atoms. The molecule has 1 aliphatic rings. The molecular formula is C13H16N4O4. The quantitative estimate of drug-likeness (QED) is 0.659. The lowest BCUT2D eigenvalue weighted by molar-refractivity contribution is -0.384. The van der Waals surface area contributed by atoms with E-state index in [0.29, 0.717) is 23.7 Å². The second kappa shape index (κ2) is 6.06. The highest BCUT2D eigenvalue weighted by Gasteiger charge is 2.12. The Morgan fingerprint density at radius 3 is 2.95 bits per heavy atom. The van der Waals surface area contributed by atoms with Crippen molar-refractivity contribution in [2.24, 2.45) is 0 Å². The van der Waals surface area contributed by atoms with Crippen molar-refractivity contribution < 1.29 is 14.1 Å². The minimum atomic E-state index is -0.451. The molecule has 1 aromatic carbocycles. The smallest absolute Gasteiger partial charge is 0.295 e. The summed E-state index contributed by atoms with van der Waals surface area (Å²) in [6, 6.07) is 4.78. The van der Waals surface area contributed by atoms with Crippen molar-refractivity contribution in [3.63, 3.8) is 0 Å². The first-order chi connectivity index (χ1) is 10.2. The fourth-order valence-electron chi connectivity index (χ4n) is 2.25. The summed E-state index contributed by atoms with van der Waals surface area (Å²) in [4.78, 5) is 16.8. The number of nitrogens with one attached hydrogen (secondary N) is 1. The van der Waals surface area contributed by atoms with Gasteiger partial charge in [-0.25, -0.2) is 0 Å². The van der Waals surface area contributed by atoms with Crippen LogP contribution in [-0.2, 0) is 4.74 Å². The van der Waals surface area contributed by atoms with Crippen molar-refractivity contribution in [2.75, 3.05) is 44.7 Å². The first kappa shape index (κ1) is 13.8. The first-order valence-electron chi connectivity index (χ1n) is 6.81. The number of ether oxygens (including phenoxy) is 1. The number of aromatic nitrogens is 1. The normalized spacial score (nSPS) is 16.2. The number of anilines is 1. The van der Waals surface area contributed by atoms with Crippen LogP contribution in [0.4, 0.5) is 11.7 Å². The highest BCUT2D eigenvalue weighted by Crippen LogP contribution is 2.23. The Kier molecular flexibility index (Phi) is 3.98. The molecule has 0 radical (unpaired) electrons. The van der Waals surface area contributed by atoms with Gasteiger partial charge in [-0.05, 0) is 6.07 Å². The van der Waals surface area contributed by atoms with Crippen LogP contribution >= 0.6 is 0 Å². The highest BCUT2D eigenvalue weighted by molar-refractivity contribution is 5.77. The number of nitro benzene ring substituents is 1. The van der Waals surface area contributed by atoms with E-state index in [1.807, 2.05) is 0 Å². The van der Waals surface area contributed by atoms with Gasteiger partial charge in [-0.1, -0.05) is 0 Å². The van der Waals surface area contributed by atoms with Crippen LogP contribution in [0.3, 0.4) is 0 Å². The van der Waals surface area contributed by atoms with Gasteiger partial charge in [-0.15, -0.1) is 0 Å². The molecule has 0 unspecified atom stereocenters. The summed E-state index contributed by atoms with van der Waals surface area (Å²) in [5.74, 6) is 0. The number of morpholine rings is 1. The Hall–Kier alpha value is -2.19. The molecular weight excluding hydrogens is 276 g/mol. The van der Waals surface area contributed by atoms with Crippen LogP contribution in [0.1, 0.15) is 0 Å². The van der Waals surface area contributed by atoms with E-state index in [-0.39, 0.29) is 5.69 Å². The Balaban J connectivity index is 1.60. The molecule has 0 atom stereocenters. The maximum atomic E-state index is 10.7. The van der Waals surface area contributed by atoms with E-state index in [1.165, 1.54) is 12.1 Å². The van der Waals surface area contributed by atoms with Gasteiger partial charge in [0.25, 0.3) is 11.7 Å². The van der Waals surface area contributed by atoms with Gasteiger partial charge in [0.2, 0.25) is 0 Å². The molecule has 3 rings (SSSR count). The standard InChI is InChI=1S/C13H16N4O4/c18-17(19)10-1-2-11-12(9-10)21-13(15-11)14-3-4-16-5-7-20-8-6-16/h1-2,9H,3-8H2,(H,14,15). The van der Waals surface area contributed by atoms with Gasteiger partial charge in [0.1, 0.15) is 5.52 Å². The van der Waals surface area contributed by atoms with Crippen LogP contribution in [0, 0.1) is 10.1 Å². The maximum Gasteiger partial charge on any atom is 0.295 e. The molecule has 8 nitrogen and oxygen atoms in total. The number of benzene rings is 1. The Bertz CT molecular complexity index is 636. The van der Waals surface area contributed by atoms with E-state index in [1.54, 1.807) is 6.07 Å². The third-order valence-electron chi connectivity index (χ3n) is 3.39. The van der Waals surface area contributed by atoms with Crippen LogP contribution in [0.25, 0.3) is 11.1 Å². The van der Waals surface area contributed by atoms with Gasteiger partial charge in [-0.3, -0.25) is 15.0 Å². The number of nitrogens with zero attached hydrogens (tertiary/aromatic N) is 3. The first-order valence-corrected chi connectivity index (χ1v) is 6.81. The lowest BCUT2D eigenvalue weighted by atomic mass is 10.3. The zero-order valence-electron chi connectivity index (χ0n) is 11.4. The number of nitro groups is 1. The summed E-state index contributed by atoms with van der Waals surface area (Å²) in [6.45, 7) is 4.99. The summed E-state index contributed by atoms with van der Waals surface area (Å²) in [5, 5.41) is 13.8. The molecule has 1 saturated heterocycles. The average molecular weight is 292 g/mol. The third-order valence-corrected chi connectivity index (χ3v) is 3.39. The monoisotopic (exact) mass is 292 g/mol. The maximum absolute atomic E-state index is 10.7. The van der Waals surface area contributed by atoms with E-state index < -0.39 is 4.92 Å². The third kappa shape index (κ3) is 3.29. The summed E-state index contributed by atoms with van der Waals surface area (Å²) < 4.78 is 10.8. The lowest BCUT2D eigenvalue weighted by Gasteiger charge is -2.26. The fraction of sp³-hybridized carbons (Fsp3) is 0.462. The summed E-state index contributed by atoms with van der Waals surface area (Å²) >= 11 is 0. The summed E-state index contributed by atoms with van der Waals surface area (Å²) in [6.07, 6.45) is 0. The van der Waals surface area contributed by atoms with Gasteiger partial charge in [-0.2, -0.15) is 4.98 Å². The number of rotatable bonds is 5. The van der Waals surface area contributed by atoms with Crippen molar-refractivity contribution in [3.05, 3.63) is 28.3 Å². The molecule has 1 aliphatic heterocycles. The zero-order chi connectivity index (χ0) is 14.7. The molecule has 0 aliphatic carbocycles. The van der Waals surface area contributed by atoms with Crippen LogP contribution in [0.2, 0.25) is 0 Å². The molecule has 0 saturated carbocycles. The minimum Gasteiger partial charge on any atom is -0.423 e. The number of non-ortho nitro benzene ring substituents is 1. The predicted octanol–water partition coefficient (Wildman–Crippen LogP) is 1.48. The van der Waals surface area contributed by atoms with Crippen molar-refractivity contribution in [2.45, 2.75) is 0 Å². The van der Waals surface area contributed by atoms with Gasteiger partial charge < -0.3 is 14.5 Å². The Labute approximate surface area is 120 Å². The SMILES string of the molecule is O=[N+]([O-])c1ccc2nc(NCCN3CCOCC3)oc2c1. The van der Waals surface area contributed by atoms with E-state index in [2.05, 4.69) is 15.2 Å². The second-order valence-electron chi connectivity index (χ2n) is 4.81. The van der Waals surface area contributed by atoms with E-state index >= 15 is 0 Å². The molecule has 1 aromatic heterocycles. The van der Waals surface area contributed by atoms with Crippen LogP contribution in [0.15, 0.2) is 22.6 Å². The predicted molar refractivity (Wildman–Crippen MR) is 76.4 cm³/mol. The van der Waals surface area contributed by atoms with Crippen molar-refractivity contribution in [1.82, 2.24) is 9.88 Å². The molecule has 2 heterocycles. The zero-order valence-corrected chi connectivity index (χ0v) is 11.4. The van der Waals surface area contributed by atoms with Crippen molar-refractivity contribution in [1.29, 1.82) is 0 Å². The Morgan fingerprint density at radius 2 is 2.19 bits per heavy atom. The van der Waals surface area contributed by atoms with Gasteiger partial charge in [0.05, 0.1) is 24.2 Å². The molecule has 0 spiro atoms. The number of oxazole rings is 1. The molecule has 1 fully saturated rings. The molecule has 0 bridgehead atoms. The number of fused-ring (bicyclic) bond motifs is 1. The molecule has 1 N–H and O–H groups in total. The van der Waals surface area contributed by atoms with Gasteiger partial charge in [0.15, 0.2) is 5.58 Å². The molecule has 0 amide bonds. The van der Waals surface area contributed by atoms with Gasteiger partial charge >= 0.3 is 0 Å². The summed E-state index contributed by atoms with van der Waals surface area (Å²) in [5.41, 5.74) is 1.02.